The van der Waals surface area contributed by atoms with Crippen LogP contribution in [0.25, 0.3) is 5.65 Å². The van der Waals surface area contributed by atoms with E-state index in [-0.39, 0.29) is 19.2 Å². The predicted molar refractivity (Wildman–Crippen MR) is 92.1 cm³/mol. The summed E-state index contributed by atoms with van der Waals surface area (Å²) in [5.74, 6) is -0.935. The second-order valence-electron chi connectivity index (χ2n) is 6.29. The van der Waals surface area contributed by atoms with Crippen LogP contribution in [0.4, 0.5) is 26.3 Å². The van der Waals surface area contributed by atoms with Crippen LogP contribution in [0.1, 0.15) is 34.1 Å². The number of rotatable bonds is 4. The highest BCUT2D eigenvalue weighted by Gasteiger charge is 2.37. The van der Waals surface area contributed by atoms with E-state index >= 15 is 0 Å². The van der Waals surface area contributed by atoms with E-state index in [1.165, 1.54) is 6.20 Å². The Labute approximate surface area is 161 Å². The topological polar surface area (TPSA) is 37.6 Å². The lowest BCUT2D eigenvalue weighted by Gasteiger charge is -2.22. The summed E-state index contributed by atoms with van der Waals surface area (Å²) in [4.78, 5) is 18.1. The lowest BCUT2D eigenvalue weighted by Crippen LogP contribution is -2.31. The lowest BCUT2D eigenvalue weighted by atomic mass is 10.0. The van der Waals surface area contributed by atoms with Crippen molar-refractivity contribution in [1.82, 2.24) is 14.3 Å². The molecular weight excluding hydrogens is 400 g/mol. The van der Waals surface area contributed by atoms with E-state index in [1.807, 2.05) is 0 Å². The van der Waals surface area contributed by atoms with Gasteiger partial charge in [0.05, 0.1) is 29.6 Å². The summed E-state index contributed by atoms with van der Waals surface area (Å²) >= 11 is 0. The zero-order chi connectivity index (χ0) is 21.4. The minimum absolute atomic E-state index is 0.00244. The molecule has 0 radical (unpaired) electrons. The van der Waals surface area contributed by atoms with Crippen molar-refractivity contribution < 1.29 is 31.1 Å². The number of pyridine rings is 1. The summed E-state index contributed by atoms with van der Waals surface area (Å²) in [7, 11) is 0. The van der Waals surface area contributed by atoms with Crippen molar-refractivity contribution in [3.8, 4) is 0 Å². The Balaban J connectivity index is 1.98. The van der Waals surface area contributed by atoms with Crippen LogP contribution in [0, 0.1) is 0 Å². The Morgan fingerprint density at radius 3 is 2.21 bits per heavy atom. The molecule has 0 aliphatic rings. The largest absolute Gasteiger partial charge is 0.416 e. The second kappa shape index (κ2) is 7.41. The molecule has 3 rings (SSSR count). The SMILES string of the molecule is CCN(Cc1cnc2ccccn12)C(=O)c1cc(C(F)(F)F)cc(C(F)(F)F)c1. The van der Waals surface area contributed by atoms with Crippen LogP contribution in [0.2, 0.25) is 0 Å². The molecule has 0 atom stereocenters. The van der Waals surface area contributed by atoms with Gasteiger partial charge in [-0.3, -0.25) is 4.79 Å². The first kappa shape index (κ1) is 20.7. The number of carbonyl (C=O) groups excluding carboxylic acids is 1. The van der Waals surface area contributed by atoms with Gasteiger partial charge in [0.25, 0.3) is 5.91 Å². The van der Waals surface area contributed by atoms with Gasteiger partial charge in [0.2, 0.25) is 0 Å². The molecule has 0 fully saturated rings. The number of imidazole rings is 1. The molecule has 154 valence electrons. The van der Waals surface area contributed by atoms with Gasteiger partial charge in [0.1, 0.15) is 5.65 Å². The first-order valence-corrected chi connectivity index (χ1v) is 8.50. The number of hydrogen-bond donors (Lipinski definition) is 0. The maximum atomic E-state index is 13.1. The van der Waals surface area contributed by atoms with Gasteiger partial charge in [-0.1, -0.05) is 6.07 Å². The molecule has 0 bridgehead atoms. The maximum absolute atomic E-state index is 13.1. The zero-order valence-electron chi connectivity index (χ0n) is 15.1. The number of alkyl halides is 6. The van der Waals surface area contributed by atoms with Crippen molar-refractivity contribution in [3.63, 3.8) is 0 Å². The number of aromatic nitrogens is 2. The molecular formula is C19H15F6N3O. The minimum Gasteiger partial charge on any atom is -0.333 e. The third kappa shape index (κ3) is 4.36. The van der Waals surface area contributed by atoms with Crippen molar-refractivity contribution in [2.24, 2.45) is 0 Å². The van der Waals surface area contributed by atoms with Crippen LogP contribution in [0.15, 0.2) is 48.8 Å². The third-order valence-corrected chi connectivity index (χ3v) is 4.35. The predicted octanol–water partition coefficient (Wildman–Crippen LogP) is 5.03. The van der Waals surface area contributed by atoms with Gasteiger partial charge in [0.15, 0.2) is 0 Å². The summed E-state index contributed by atoms with van der Waals surface area (Å²) in [6.45, 7) is 1.63. The van der Waals surface area contributed by atoms with Crippen molar-refractivity contribution in [2.45, 2.75) is 25.8 Å². The molecule has 4 nitrogen and oxygen atoms in total. The van der Waals surface area contributed by atoms with E-state index in [0.29, 0.717) is 23.5 Å². The van der Waals surface area contributed by atoms with Crippen molar-refractivity contribution in [2.75, 3.05) is 6.54 Å². The fourth-order valence-electron chi connectivity index (χ4n) is 2.89. The number of amides is 1. The molecule has 3 aromatic rings. The van der Waals surface area contributed by atoms with Gasteiger partial charge < -0.3 is 9.30 Å². The Morgan fingerprint density at radius 1 is 1.03 bits per heavy atom. The van der Waals surface area contributed by atoms with Crippen molar-refractivity contribution in [3.05, 3.63) is 71.2 Å². The molecule has 0 saturated heterocycles. The highest BCUT2D eigenvalue weighted by Crippen LogP contribution is 2.36. The van der Waals surface area contributed by atoms with E-state index in [1.54, 1.807) is 35.7 Å². The van der Waals surface area contributed by atoms with Gasteiger partial charge in [-0.05, 0) is 37.3 Å². The van der Waals surface area contributed by atoms with E-state index < -0.39 is 35.0 Å². The normalized spacial score (nSPS) is 12.4. The van der Waals surface area contributed by atoms with Crippen LogP contribution in [-0.4, -0.2) is 26.7 Å². The Morgan fingerprint density at radius 2 is 1.66 bits per heavy atom. The number of carbonyl (C=O) groups is 1. The minimum atomic E-state index is -5.02. The van der Waals surface area contributed by atoms with Crippen molar-refractivity contribution >= 4 is 11.6 Å². The molecule has 10 heteroatoms. The summed E-state index contributed by atoms with van der Waals surface area (Å²) < 4.78 is 80.0. The average Bonchev–Trinajstić information content (AvgIpc) is 3.06. The molecule has 0 aliphatic carbocycles. The fraction of sp³-hybridized carbons (Fsp3) is 0.263. The standard InChI is InChI=1S/C19H15F6N3O/c1-2-27(11-15-10-26-16-5-3-4-6-28(15)16)17(29)12-7-13(18(20,21)22)9-14(8-12)19(23,24)25/h3-10H,2,11H2,1H3. The van der Waals surface area contributed by atoms with Gasteiger partial charge in [-0.15, -0.1) is 0 Å². The van der Waals surface area contributed by atoms with Gasteiger partial charge in [-0.2, -0.15) is 26.3 Å². The smallest absolute Gasteiger partial charge is 0.333 e. The molecule has 0 N–H and O–H groups in total. The summed E-state index contributed by atoms with van der Waals surface area (Å²) in [6, 6.07) is 6.10. The van der Waals surface area contributed by atoms with E-state index in [4.69, 9.17) is 0 Å². The van der Waals surface area contributed by atoms with E-state index in [2.05, 4.69) is 4.98 Å². The molecule has 0 saturated carbocycles. The Kier molecular flexibility index (Phi) is 5.29. The van der Waals surface area contributed by atoms with Gasteiger partial charge >= 0.3 is 12.4 Å². The molecule has 0 aliphatic heterocycles. The zero-order valence-corrected chi connectivity index (χ0v) is 15.1. The summed E-state index contributed by atoms with van der Waals surface area (Å²) in [5.41, 5.74) is -2.56. The highest BCUT2D eigenvalue weighted by molar-refractivity contribution is 5.94. The quantitative estimate of drug-likeness (QED) is 0.561. The average molecular weight is 415 g/mol. The van der Waals surface area contributed by atoms with Gasteiger partial charge in [0, 0.05) is 18.3 Å². The fourth-order valence-corrected chi connectivity index (χ4v) is 2.89. The number of fused-ring (bicyclic) bond motifs is 1. The number of halogens is 6. The van der Waals surface area contributed by atoms with Crippen molar-refractivity contribution in [1.29, 1.82) is 0 Å². The van der Waals surface area contributed by atoms with Crippen LogP contribution in [0.5, 0.6) is 0 Å². The molecule has 1 amide bonds. The van der Waals surface area contributed by atoms with Crippen LogP contribution >= 0.6 is 0 Å². The maximum Gasteiger partial charge on any atom is 0.416 e. The van der Waals surface area contributed by atoms with E-state index in [0.717, 1.165) is 4.90 Å². The summed E-state index contributed by atoms with van der Waals surface area (Å²) in [5, 5.41) is 0. The molecule has 2 aromatic heterocycles. The number of nitrogens with zero attached hydrogens (tertiary/aromatic N) is 3. The molecule has 1 aromatic carbocycles. The molecule has 2 heterocycles. The first-order valence-electron chi connectivity index (χ1n) is 8.50. The van der Waals surface area contributed by atoms with Crippen LogP contribution in [0.3, 0.4) is 0 Å². The van der Waals surface area contributed by atoms with Crippen LogP contribution < -0.4 is 0 Å². The number of benzene rings is 1. The second-order valence-corrected chi connectivity index (χ2v) is 6.29. The van der Waals surface area contributed by atoms with Crippen LogP contribution in [-0.2, 0) is 18.9 Å². The first-order chi connectivity index (χ1) is 13.5. The Bertz CT molecular complexity index is 1010. The monoisotopic (exact) mass is 415 g/mol. The third-order valence-electron chi connectivity index (χ3n) is 4.35. The summed E-state index contributed by atoms with van der Waals surface area (Å²) in [6.07, 6.45) is -6.84. The molecule has 0 unspecified atom stereocenters. The van der Waals surface area contributed by atoms with E-state index in [9.17, 15) is 31.1 Å². The lowest BCUT2D eigenvalue weighted by molar-refractivity contribution is -0.143. The molecule has 29 heavy (non-hydrogen) atoms. The number of hydrogen-bond acceptors (Lipinski definition) is 2. The molecule has 0 spiro atoms. The van der Waals surface area contributed by atoms with Gasteiger partial charge in [-0.25, -0.2) is 4.98 Å². The Hall–Kier alpha value is -3.04. The highest BCUT2D eigenvalue weighted by atomic mass is 19.4.